The Morgan fingerprint density at radius 1 is 1.09 bits per heavy atom. The zero-order valence-electron chi connectivity index (χ0n) is 17.4. The van der Waals surface area contributed by atoms with Gasteiger partial charge in [0.25, 0.3) is 0 Å². The highest BCUT2D eigenvalue weighted by Gasteiger charge is 2.27. The molecule has 32 heavy (non-hydrogen) atoms. The maximum absolute atomic E-state index is 12.9. The van der Waals surface area contributed by atoms with E-state index in [4.69, 9.17) is 18.6 Å². The van der Waals surface area contributed by atoms with E-state index in [-0.39, 0.29) is 41.8 Å². The molecule has 0 radical (unpaired) electrons. The minimum atomic E-state index is -0.891. The van der Waals surface area contributed by atoms with Gasteiger partial charge in [-0.15, -0.1) is 0 Å². The summed E-state index contributed by atoms with van der Waals surface area (Å²) in [6.07, 6.45) is -0.207. The van der Waals surface area contributed by atoms with Crippen molar-refractivity contribution in [2.75, 3.05) is 19.2 Å². The molecule has 0 bridgehead atoms. The van der Waals surface area contributed by atoms with E-state index >= 15 is 0 Å². The number of rotatable bonds is 6. The lowest BCUT2D eigenvalue weighted by Gasteiger charge is -2.19. The van der Waals surface area contributed by atoms with Gasteiger partial charge >= 0.3 is 5.63 Å². The number of carbonyl (C=O) groups is 1. The number of benzene rings is 2. The minimum absolute atomic E-state index is 0.0824. The molecule has 0 fully saturated rings. The van der Waals surface area contributed by atoms with Gasteiger partial charge in [0.1, 0.15) is 11.5 Å². The Hall–Kier alpha value is -4.14. The Morgan fingerprint density at radius 2 is 1.88 bits per heavy atom. The van der Waals surface area contributed by atoms with E-state index in [1.807, 2.05) is 0 Å². The zero-order chi connectivity index (χ0) is 22.8. The van der Waals surface area contributed by atoms with Gasteiger partial charge in [-0.3, -0.25) is 4.79 Å². The van der Waals surface area contributed by atoms with Crippen molar-refractivity contribution in [3.05, 3.63) is 69.8 Å². The number of ether oxygens (including phenoxy) is 3. The van der Waals surface area contributed by atoms with Crippen LogP contribution >= 0.6 is 0 Å². The average molecular weight is 439 g/mol. The summed E-state index contributed by atoms with van der Waals surface area (Å²) in [6.45, 7) is 1.64. The van der Waals surface area contributed by atoms with Crippen LogP contribution in [-0.4, -0.2) is 30.0 Å². The summed E-state index contributed by atoms with van der Waals surface area (Å²) in [4.78, 5) is 25.5. The second kappa shape index (κ2) is 8.54. The number of amides is 1. The maximum atomic E-state index is 12.9. The topological polar surface area (TPSA) is 127 Å². The van der Waals surface area contributed by atoms with Crippen LogP contribution in [0.3, 0.4) is 0 Å². The largest absolute Gasteiger partial charge is 0.507 e. The van der Waals surface area contributed by atoms with Crippen molar-refractivity contribution in [3.63, 3.8) is 0 Å². The minimum Gasteiger partial charge on any atom is -0.507 e. The standard InChI is InChI=1S/C23H21NO8/c1-12-7-17(26)22(23(28)32-12)15(13-3-5-18(29-2)16(25)8-13)10-21(27)24-14-4-6-19-20(9-14)31-11-30-19/h3-9,15,25-26H,10-11H2,1-2H3,(H,24,27). The van der Waals surface area contributed by atoms with Crippen molar-refractivity contribution >= 4 is 11.6 Å². The smallest absolute Gasteiger partial charge is 0.343 e. The van der Waals surface area contributed by atoms with Crippen LogP contribution < -0.4 is 25.2 Å². The van der Waals surface area contributed by atoms with Crippen molar-refractivity contribution in [2.24, 2.45) is 0 Å². The van der Waals surface area contributed by atoms with E-state index in [1.165, 1.54) is 32.2 Å². The molecule has 1 aliphatic heterocycles. The van der Waals surface area contributed by atoms with Crippen LogP contribution in [0.2, 0.25) is 0 Å². The summed E-state index contributed by atoms with van der Waals surface area (Å²) in [5.74, 6) is -0.221. The van der Waals surface area contributed by atoms with E-state index in [1.54, 1.807) is 24.3 Å². The first-order valence-corrected chi connectivity index (χ1v) is 9.75. The molecule has 1 aromatic heterocycles. The van der Waals surface area contributed by atoms with Crippen molar-refractivity contribution in [2.45, 2.75) is 19.3 Å². The molecule has 2 heterocycles. The van der Waals surface area contributed by atoms with E-state index in [0.717, 1.165) is 0 Å². The molecular formula is C23H21NO8. The Balaban J connectivity index is 1.67. The molecule has 9 heteroatoms. The Labute approximate surface area is 182 Å². The summed E-state index contributed by atoms with van der Waals surface area (Å²) in [6, 6.07) is 10.8. The summed E-state index contributed by atoms with van der Waals surface area (Å²) in [5, 5.41) is 23.4. The molecule has 9 nitrogen and oxygen atoms in total. The molecule has 0 spiro atoms. The summed E-state index contributed by atoms with van der Waals surface area (Å²) >= 11 is 0. The Bertz CT molecular complexity index is 1230. The van der Waals surface area contributed by atoms with E-state index < -0.39 is 17.5 Å². The predicted octanol–water partition coefficient (Wildman–Crippen LogP) is 3.26. The van der Waals surface area contributed by atoms with Gasteiger partial charge in [0, 0.05) is 30.2 Å². The molecule has 0 saturated heterocycles. The lowest BCUT2D eigenvalue weighted by Crippen LogP contribution is -2.21. The number of phenols is 1. The number of nitrogens with one attached hydrogen (secondary N) is 1. The Kier molecular flexibility index (Phi) is 5.63. The number of hydrogen-bond acceptors (Lipinski definition) is 8. The van der Waals surface area contributed by atoms with Crippen molar-refractivity contribution in [1.29, 1.82) is 0 Å². The SMILES string of the molecule is COc1ccc(C(CC(=O)Nc2ccc3c(c2)OCO3)c2c(O)cc(C)oc2=O)cc1O. The number of aromatic hydroxyl groups is 2. The molecule has 1 atom stereocenters. The number of aryl methyl sites for hydroxylation is 1. The van der Waals surface area contributed by atoms with E-state index in [0.29, 0.717) is 22.7 Å². The highest BCUT2D eigenvalue weighted by molar-refractivity contribution is 5.92. The van der Waals surface area contributed by atoms with Crippen molar-refractivity contribution in [1.82, 2.24) is 0 Å². The number of phenolic OH excluding ortho intramolecular Hbond substituents is 1. The van der Waals surface area contributed by atoms with Gasteiger partial charge in [0.15, 0.2) is 23.0 Å². The third kappa shape index (κ3) is 4.18. The third-order valence-electron chi connectivity index (χ3n) is 5.09. The predicted molar refractivity (Wildman–Crippen MR) is 114 cm³/mol. The van der Waals surface area contributed by atoms with Crippen molar-refractivity contribution in [3.8, 4) is 28.7 Å². The Morgan fingerprint density at radius 3 is 2.59 bits per heavy atom. The average Bonchev–Trinajstić information content (AvgIpc) is 3.20. The molecular weight excluding hydrogens is 418 g/mol. The number of carbonyl (C=O) groups excluding carboxylic acids is 1. The van der Waals surface area contributed by atoms with Crippen LogP contribution in [0.15, 0.2) is 51.7 Å². The van der Waals surface area contributed by atoms with Crippen LogP contribution in [0.25, 0.3) is 0 Å². The van der Waals surface area contributed by atoms with Gasteiger partial charge in [-0.1, -0.05) is 6.07 Å². The van der Waals surface area contributed by atoms with Gasteiger partial charge in [-0.25, -0.2) is 4.79 Å². The highest BCUT2D eigenvalue weighted by Crippen LogP contribution is 2.37. The van der Waals surface area contributed by atoms with Gasteiger partial charge in [0.2, 0.25) is 12.7 Å². The monoisotopic (exact) mass is 439 g/mol. The first-order valence-electron chi connectivity index (χ1n) is 9.75. The normalized spacial score (nSPS) is 12.9. The molecule has 3 N–H and O–H groups in total. The van der Waals surface area contributed by atoms with Crippen LogP contribution in [0.1, 0.15) is 29.2 Å². The molecule has 0 saturated carbocycles. The number of anilines is 1. The quantitative estimate of drug-likeness (QED) is 0.534. The molecule has 1 aliphatic rings. The van der Waals surface area contributed by atoms with Crippen LogP contribution in [-0.2, 0) is 4.79 Å². The first kappa shape index (κ1) is 21.1. The highest BCUT2D eigenvalue weighted by atomic mass is 16.7. The second-order valence-corrected chi connectivity index (χ2v) is 7.25. The summed E-state index contributed by atoms with van der Waals surface area (Å²) in [5.41, 5.74) is 0.0611. The van der Waals surface area contributed by atoms with Crippen molar-refractivity contribution < 1.29 is 33.6 Å². The van der Waals surface area contributed by atoms with Crippen LogP contribution in [0, 0.1) is 6.92 Å². The maximum Gasteiger partial charge on any atom is 0.343 e. The third-order valence-corrected chi connectivity index (χ3v) is 5.09. The fraction of sp³-hybridized carbons (Fsp3) is 0.217. The van der Waals surface area contributed by atoms with E-state index in [2.05, 4.69) is 5.32 Å². The number of methoxy groups -OCH3 is 1. The first-order chi connectivity index (χ1) is 15.4. The molecule has 166 valence electrons. The van der Waals surface area contributed by atoms with Gasteiger partial charge in [-0.05, 0) is 36.8 Å². The molecule has 3 aromatic rings. The lowest BCUT2D eigenvalue weighted by atomic mass is 9.88. The molecule has 1 amide bonds. The van der Waals surface area contributed by atoms with Crippen LogP contribution in [0.5, 0.6) is 28.7 Å². The van der Waals surface area contributed by atoms with Gasteiger partial charge in [0.05, 0.1) is 12.7 Å². The van der Waals surface area contributed by atoms with E-state index in [9.17, 15) is 19.8 Å². The lowest BCUT2D eigenvalue weighted by molar-refractivity contribution is -0.116. The van der Waals surface area contributed by atoms with Gasteiger partial charge in [-0.2, -0.15) is 0 Å². The molecule has 2 aromatic carbocycles. The fourth-order valence-corrected chi connectivity index (χ4v) is 3.61. The second-order valence-electron chi connectivity index (χ2n) is 7.25. The fourth-order valence-electron chi connectivity index (χ4n) is 3.61. The molecule has 1 unspecified atom stereocenters. The summed E-state index contributed by atoms with van der Waals surface area (Å²) in [7, 11) is 1.41. The summed E-state index contributed by atoms with van der Waals surface area (Å²) < 4.78 is 20.8. The molecule has 4 rings (SSSR count). The van der Waals surface area contributed by atoms with Crippen LogP contribution in [0.4, 0.5) is 5.69 Å². The number of hydrogen-bond donors (Lipinski definition) is 3. The number of fused-ring (bicyclic) bond motifs is 1. The molecule has 0 aliphatic carbocycles. The van der Waals surface area contributed by atoms with Gasteiger partial charge < -0.3 is 34.2 Å². The zero-order valence-corrected chi connectivity index (χ0v) is 17.4.